The molecule has 3 heterocycles. The van der Waals surface area contributed by atoms with Crippen molar-refractivity contribution in [3.8, 4) is 5.69 Å². The number of hydrogen-bond acceptors (Lipinski definition) is 7. The lowest BCUT2D eigenvalue weighted by Gasteiger charge is -2.31. The van der Waals surface area contributed by atoms with Crippen LogP contribution in [0.3, 0.4) is 0 Å². The van der Waals surface area contributed by atoms with Crippen molar-refractivity contribution >= 4 is 29.5 Å². The molecular formula is C24H28ClFN6O3. The van der Waals surface area contributed by atoms with Gasteiger partial charge in [0, 0.05) is 22.8 Å². The fourth-order valence-corrected chi connectivity index (χ4v) is 3.97. The van der Waals surface area contributed by atoms with Crippen LogP contribution < -0.4 is 10.2 Å². The molecule has 1 aromatic carbocycles. The van der Waals surface area contributed by atoms with Gasteiger partial charge in [-0.3, -0.25) is 4.90 Å². The van der Waals surface area contributed by atoms with E-state index in [4.69, 9.17) is 21.1 Å². The number of nitrogens with zero attached hydrogens (tertiary/aromatic N) is 5. The van der Waals surface area contributed by atoms with Crippen LogP contribution in [0.5, 0.6) is 0 Å². The van der Waals surface area contributed by atoms with Crippen molar-refractivity contribution in [2.75, 3.05) is 16.8 Å². The minimum Gasteiger partial charge on any atom is -0.447 e. The fourth-order valence-electron chi connectivity index (χ4n) is 3.85. The Balaban J connectivity index is 1.53. The van der Waals surface area contributed by atoms with Crippen LogP contribution in [0.1, 0.15) is 46.2 Å². The second kappa shape index (κ2) is 9.79. The van der Waals surface area contributed by atoms with E-state index >= 15 is 0 Å². The summed E-state index contributed by atoms with van der Waals surface area (Å²) in [4.78, 5) is 22.1. The highest BCUT2D eigenvalue weighted by molar-refractivity contribution is 6.30. The van der Waals surface area contributed by atoms with Crippen LogP contribution in [0.25, 0.3) is 5.69 Å². The highest BCUT2D eigenvalue weighted by atomic mass is 35.5. The van der Waals surface area contributed by atoms with Gasteiger partial charge in [0.05, 0.1) is 29.6 Å². The van der Waals surface area contributed by atoms with Crippen LogP contribution in [0.4, 0.5) is 21.0 Å². The molecule has 0 unspecified atom stereocenters. The predicted molar refractivity (Wildman–Crippen MR) is 131 cm³/mol. The molecule has 0 aliphatic carbocycles. The van der Waals surface area contributed by atoms with Gasteiger partial charge in [-0.2, -0.15) is 19.5 Å². The van der Waals surface area contributed by atoms with E-state index < -0.39 is 23.7 Å². The molecule has 11 heteroatoms. The Bertz CT molecular complexity index is 1200. The zero-order valence-electron chi connectivity index (χ0n) is 20.2. The Morgan fingerprint density at radius 1 is 1.23 bits per heavy atom. The second-order valence-electron chi connectivity index (χ2n) is 9.38. The molecular weight excluding hydrogens is 475 g/mol. The van der Waals surface area contributed by atoms with Gasteiger partial charge in [0.2, 0.25) is 11.9 Å². The molecule has 1 fully saturated rings. The van der Waals surface area contributed by atoms with E-state index in [0.29, 0.717) is 5.02 Å². The molecule has 4 rings (SSSR count). The predicted octanol–water partition coefficient (Wildman–Crippen LogP) is 5.16. The number of rotatable bonds is 7. The maximum absolute atomic E-state index is 14.5. The third-order valence-corrected chi connectivity index (χ3v) is 5.71. The molecule has 35 heavy (non-hydrogen) atoms. The molecule has 0 spiro atoms. The van der Waals surface area contributed by atoms with Crippen molar-refractivity contribution in [1.82, 2.24) is 19.7 Å². The number of amides is 1. The molecule has 1 aliphatic rings. The molecule has 3 atom stereocenters. The molecule has 0 bridgehead atoms. The molecule has 3 aromatic rings. The molecule has 1 saturated heterocycles. The Morgan fingerprint density at radius 2 is 1.94 bits per heavy atom. The fraction of sp³-hybridized carbons (Fsp3) is 0.417. The first-order valence-electron chi connectivity index (χ1n) is 11.3. The summed E-state index contributed by atoms with van der Waals surface area (Å²) in [6, 6.07) is 7.63. The van der Waals surface area contributed by atoms with Crippen molar-refractivity contribution in [3.05, 3.63) is 59.3 Å². The standard InChI is InChI=1S/C24H28ClFN6O3/c1-14(16-11-27-31(12-16)18-8-6-17(25)7-9-18)28-22-29-20(26)10-21(30-22)32-19(13-34-23(32)33)15(2)35-24(3,4)5/h6-12,14-15,19H,13H2,1-5H3,(H,28,29,30)/t14-,15+,19+/m0/s1. The van der Waals surface area contributed by atoms with Crippen LogP contribution in [0, 0.1) is 5.95 Å². The number of ether oxygens (including phenoxy) is 2. The van der Waals surface area contributed by atoms with E-state index in [0.717, 1.165) is 17.3 Å². The van der Waals surface area contributed by atoms with Gasteiger partial charge in [-0.25, -0.2) is 9.48 Å². The molecule has 9 nitrogen and oxygen atoms in total. The maximum Gasteiger partial charge on any atom is 0.416 e. The first-order valence-corrected chi connectivity index (χ1v) is 11.6. The van der Waals surface area contributed by atoms with Gasteiger partial charge in [0.15, 0.2) is 0 Å². The van der Waals surface area contributed by atoms with Gasteiger partial charge < -0.3 is 14.8 Å². The van der Waals surface area contributed by atoms with Gasteiger partial charge in [0.1, 0.15) is 18.5 Å². The van der Waals surface area contributed by atoms with Crippen LogP contribution in [0.15, 0.2) is 42.7 Å². The van der Waals surface area contributed by atoms with Crippen LogP contribution in [-0.2, 0) is 9.47 Å². The summed E-state index contributed by atoms with van der Waals surface area (Å²) in [5.41, 5.74) is 1.26. The zero-order chi connectivity index (χ0) is 25.3. The Morgan fingerprint density at radius 3 is 2.63 bits per heavy atom. The first-order chi connectivity index (χ1) is 16.5. The van der Waals surface area contributed by atoms with Crippen LogP contribution in [-0.4, -0.2) is 50.2 Å². The summed E-state index contributed by atoms with van der Waals surface area (Å²) in [5.74, 6) is -0.639. The molecule has 2 aromatic heterocycles. The lowest BCUT2D eigenvalue weighted by molar-refractivity contribution is -0.0618. The van der Waals surface area contributed by atoms with Crippen molar-refractivity contribution in [2.45, 2.75) is 58.4 Å². The monoisotopic (exact) mass is 502 g/mol. The summed E-state index contributed by atoms with van der Waals surface area (Å²) in [5, 5.41) is 8.11. The lowest BCUT2D eigenvalue weighted by Crippen LogP contribution is -2.45. The number of benzene rings is 1. The highest BCUT2D eigenvalue weighted by Crippen LogP contribution is 2.28. The van der Waals surface area contributed by atoms with Gasteiger partial charge >= 0.3 is 6.09 Å². The largest absolute Gasteiger partial charge is 0.447 e. The molecule has 0 saturated carbocycles. The third-order valence-electron chi connectivity index (χ3n) is 5.45. The second-order valence-corrected chi connectivity index (χ2v) is 9.82. The summed E-state index contributed by atoms with van der Waals surface area (Å²) < 4.78 is 27.4. The van der Waals surface area contributed by atoms with Crippen molar-refractivity contribution in [3.63, 3.8) is 0 Å². The van der Waals surface area contributed by atoms with E-state index in [2.05, 4.69) is 20.4 Å². The van der Waals surface area contributed by atoms with Gasteiger partial charge in [-0.1, -0.05) is 11.6 Å². The van der Waals surface area contributed by atoms with E-state index in [1.54, 1.807) is 23.0 Å². The van der Waals surface area contributed by atoms with E-state index in [-0.39, 0.29) is 30.5 Å². The summed E-state index contributed by atoms with van der Waals surface area (Å²) in [7, 11) is 0. The van der Waals surface area contributed by atoms with Gasteiger partial charge in [-0.15, -0.1) is 0 Å². The number of carbonyl (C=O) groups is 1. The minimum atomic E-state index is -0.774. The van der Waals surface area contributed by atoms with Crippen LogP contribution >= 0.6 is 11.6 Å². The van der Waals surface area contributed by atoms with Gasteiger partial charge in [0.25, 0.3) is 0 Å². The highest BCUT2D eigenvalue weighted by Gasteiger charge is 2.40. The van der Waals surface area contributed by atoms with Crippen molar-refractivity contribution in [1.29, 1.82) is 0 Å². The molecule has 186 valence electrons. The first kappa shape index (κ1) is 24.9. The third kappa shape index (κ3) is 5.88. The molecule has 1 N–H and O–H groups in total. The SMILES string of the molecule is C[C@H](Nc1nc(F)cc(N2C(=O)OC[C@@H]2[C@@H](C)OC(C)(C)C)n1)c1cnn(-c2ccc(Cl)cc2)c1. The summed E-state index contributed by atoms with van der Waals surface area (Å²) in [6.45, 7) is 9.62. The molecule has 1 aliphatic heterocycles. The Hall–Kier alpha value is -3.24. The number of cyclic esters (lactones) is 1. The van der Waals surface area contributed by atoms with E-state index in [9.17, 15) is 9.18 Å². The average Bonchev–Trinajstić information content (AvgIpc) is 3.40. The van der Waals surface area contributed by atoms with E-state index in [1.807, 2.05) is 52.9 Å². The smallest absolute Gasteiger partial charge is 0.416 e. The normalized spacial score (nSPS) is 17.9. The van der Waals surface area contributed by atoms with Gasteiger partial charge in [-0.05, 0) is 58.9 Å². The Kier molecular flexibility index (Phi) is 6.95. The topological polar surface area (TPSA) is 94.4 Å². The lowest BCUT2D eigenvalue weighted by atomic mass is 10.1. The number of carbonyl (C=O) groups excluding carboxylic acids is 1. The number of aromatic nitrogens is 4. The van der Waals surface area contributed by atoms with Crippen molar-refractivity contribution < 1.29 is 18.7 Å². The quantitative estimate of drug-likeness (QED) is 0.446. The number of halogens is 2. The summed E-state index contributed by atoms with van der Waals surface area (Å²) in [6.07, 6.45) is 2.57. The van der Waals surface area contributed by atoms with Crippen molar-refractivity contribution in [2.24, 2.45) is 0 Å². The molecule has 0 radical (unpaired) electrons. The molecule has 1 amide bonds. The summed E-state index contributed by atoms with van der Waals surface area (Å²) >= 11 is 5.96. The van der Waals surface area contributed by atoms with Crippen LogP contribution in [0.2, 0.25) is 5.02 Å². The number of anilines is 2. The Labute approximate surface area is 208 Å². The number of nitrogens with one attached hydrogen (secondary N) is 1. The maximum atomic E-state index is 14.5. The number of hydrogen-bond donors (Lipinski definition) is 1. The minimum absolute atomic E-state index is 0.0367. The zero-order valence-corrected chi connectivity index (χ0v) is 21.0. The average molecular weight is 503 g/mol. The van der Waals surface area contributed by atoms with E-state index in [1.165, 1.54) is 4.90 Å².